The number of sulfonamides is 1. The predicted octanol–water partition coefficient (Wildman–Crippen LogP) is 1.73. The standard InChI is InChI=1S/C16H24N2O4S/c1-3-4-12-23(20,21)18-10-8-17(9-11-18)15-7-5-6-14(13-15)16(19)22-2/h5-7,13H,3-4,8-12H2,1-2H3. The Bertz CT molecular complexity index is 637. The van der Waals surface area contributed by atoms with Gasteiger partial charge in [-0.3, -0.25) is 0 Å². The molecule has 0 atom stereocenters. The van der Waals surface area contributed by atoms with Crippen molar-refractivity contribution >= 4 is 21.7 Å². The van der Waals surface area contributed by atoms with Crippen LogP contribution in [0.15, 0.2) is 24.3 Å². The molecule has 0 spiro atoms. The van der Waals surface area contributed by atoms with Gasteiger partial charge in [-0.15, -0.1) is 0 Å². The van der Waals surface area contributed by atoms with Crippen LogP contribution < -0.4 is 4.90 Å². The second-order valence-corrected chi connectivity index (χ2v) is 7.69. The molecule has 0 amide bonds. The number of carbonyl (C=O) groups excluding carboxylic acids is 1. The highest BCUT2D eigenvalue weighted by Crippen LogP contribution is 2.20. The van der Waals surface area contributed by atoms with E-state index in [2.05, 4.69) is 4.90 Å². The maximum Gasteiger partial charge on any atom is 0.337 e. The fourth-order valence-electron chi connectivity index (χ4n) is 2.63. The normalized spacial score (nSPS) is 16.3. The first-order valence-electron chi connectivity index (χ1n) is 7.89. The molecule has 0 bridgehead atoms. The molecule has 0 saturated carbocycles. The minimum atomic E-state index is -3.14. The van der Waals surface area contributed by atoms with Gasteiger partial charge in [-0.05, 0) is 24.6 Å². The molecule has 1 fully saturated rings. The number of methoxy groups -OCH3 is 1. The van der Waals surface area contributed by atoms with Crippen LogP contribution in [0.2, 0.25) is 0 Å². The molecule has 0 aliphatic carbocycles. The summed E-state index contributed by atoms with van der Waals surface area (Å²) < 4.78 is 30.7. The van der Waals surface area contributed by atoms with Crippen molar-refractivity contribution in [1.82, 2.24) is 4.31 Å². The van der Waals surface area contributed by atoms with E-state index in [1.54, 1.807) is 16.4 Å². The summed E-state index contributed by atoms with van der Waals surface area (Å²) in [6.07, 6.45) is 1.57. The molecular formula is C16H24N2O4S. The molecule has 1 aromatic carbocycles. The minimum absolute atomic E-state index is 0.224. The average molecular weight is 340 g/mol. The first-order valence-corrected chi connectivity index (χ1v) is 9.50. The van der Waals surface area contributed by atoms with Gasteiger partial charge in [0.2, 0.25) is 10.0 Å². The molecule has 1 aliphatic rings. The summed E-state index contributed by atoms with van der Waals surface area (Å²) in [7, 11) is -1.79. The molecule has 1 heterocycles. The predicted molar refractivity (Wildman–Crippen MR) is 90.3 cm³/mol. The van der Waals surface area contributed by atoms with Gasteiger partial charge in [0.25, 0.3) is 0 Å². The van der Waals surface area contributed by atoms with Gasteiger partial charge in [0.05, 0.1) is 18.4 Å². The summed E-state index contributed by atoms with van der Waals surface area (Å²) in [5.41, 5.74) is 1.42. The van der Waals surface area contributed by atoms with E-state index in [1.807, 2.05) is 19.1 Å². The van der Waals surface area contributed by atoms with Crippen molar-refractivity contribution in [2.75, 3.05) is 43.9 Å². The fraction of sp³-hybridized carbons (Fsp3) is 0.562. The highest BCUT2D eigenvalue weighted by molar-refractivity contribution is 7.89. The number of hydrogen-bond donors (Lipinski definition) is 0. The molecule has 1 aliphatic heterocycles. The van der Waals surface area contributed by atoms with Crippen LogP contribution in [0.5, 0.6) is 0 Å². The third-order valence-electron chi connectivity index (χ3n) is 4.02. The Morgan fingerprint density at radius 1 is 1.22 bits per heavy atom. The summed E-state index contributed by atoms with van der Waals surface area (Å²) in [6, 6.07) is 7.23. The molecule has 2 rings (SSSR count). The number of anilines is 1. The van der Waals surface area contributed by atoms with Gasteiger partial charge in [-0.25, -0.2) is 13.2 Å². The number of esters is 1. The van der Waals surface area contributed by atoms with E-state index in [9.17, 15) is 13.2 Å². The molecule has 0 radical (unpaired) electrons. The zero-order valence-corrected chi connectivity index (χ0v) is 14.5. The van der Waals surface area contributed by atoms with Crippen LogP contribution >= 0.6 is 0 Å². The van der Waals surface area contributed by atoms with E-state index in [4.69, 9.17) is 4.74 Å². The number of unbranched alkanes of at least 4 members (excludes halogenated alkanes) is 1. The van der Waals surface area contributed by atoms with E-state index >= 15 is 0 Å². The summed E-state index contributed by atoms with van der Waals surface area (Å²) in [6.45, 7) is 4.19. The Morgan fingerprint density at radius 2 is 1.91 bits per heavy atom. The molecule has 6 nitrogen and oxygen atoms in total. The first-order chi connectivity index (χ1) is 11.0. The lowest BCUT2D eigenvalue weighted by atomic mass is 10.2. The Balaban J connectivity index is 2.01. The molecule has 128 valence electrons. The maximum absolute atomic E-state index is 12.2. The van der Waals surface area contributed by atoms with Crippen molar-refractivity contribution in [3.8, 4) is 0 Å². The number of nitrogens with zero attached hydrogens (tertiary/aromatic N) is 2. The molecule has 0 aromatic heterocycles. The van der Waals surface area contributed by atoms with E-state index in [1.165, 1.54) is 7.11 Å². The van der Waals surface area contributed by atoms with Crippen molar-refractivity contribution in [3.05, 3.63) is 29.8 Å². The quantitative estimate of drug-likeness (QED) is 0.738. The Labute approximate surface area is 138 Å². The van der Waals surface area contributed by atoms with Gasteiger partial charge in [-0.2, -0.15) is 4.31 Å². The van der Waals surface area contributed by atoms with Crippen LogP contribution in [-0.2, 0) is 14.8 Å². The summed E-state index contributed by atoms with van der Waals surface area (Å²) in [5.74, 6) is -0.144. The number of rotatable bonds is 6. The zero-order chi connectivity index (χ0) is 16.9. The maximum atomic E-state index is 12.2. The second-order valence-electron chi connectivity index (χ2n) is 5.60. The van der Waals surface area contributed by atoms with Gasteiger partial charge < -0.3 is 9.64 Å². The van der Waals surface area contributed by atoms with Crippen LogP contribution in [0.4, 0.5) is 5.69 Å². The largest absolute Gasteiger partial charge is 0.465 e. The van der Waals surface area contributed by atoms with Crippen LogP contribution in [0.25, 0.3) is 0 Å². The van der Waals surface area contributed by atoms with Crippen molar-refractivity contribution < 1.29 is 17.9 Å². The first kappa shape index (κ1) is 17.7. The third kappa shape index (κ3) is 4.45. The van der Waals surface area contributed by atoms with Gasteiger partial charge in [0.15, 0.2) is 0 Å². The van der Waals surface area contributed by atoms with Crippen LogP contribution in [0.1, 0.15) is 30.1 Å². The Hall–Kier alpha value is -1.60. The number of ether oxygens (including phenoxy) is 1. The smallest absolute Gasteiger partial charge is 0.337 e. The summed E-state index contributed by atoms with van der Waals surface area (Å²) in [4.78, 5) is 13.7. The van der Waals surface area contributed by atoms with Crippen molar-refractivity contribution in [2.45, 2.75) is 19.8 Å². The molecule has 23 heavy (non-hydrogen) atoms. The van der Waals surface area contributed by atoms with E-state index in [-0.39, 0.29) is 11.7 Å². The Morgan fingerprint density at radius 3 is 2.52 bits per heavy atom. The summed E-state index contributed by atoms with van der Waals surface area (Å²) in [5, 5.41) is 0. The number of carbonyl (C=O) groups is 1. The number of piperazine rings is 1. The van der Waals surface area contributed by atoms with E-state index < -0.39 is 10.0 Å². The van der Waals surface area contributed by atoms with Gasteiger partial charge in [0.1, 0.15) is 0 Å². The lowest BCUT2D eigenvalue weighted by Gasteiger charge is -2.35. The number of hydrogen-bond acceptors (Lipinski definition) is 5. The van der Waals surface area contributed by atoms with Gasteiger partial charge >= 0.3 is 5.97 Å². The lowest BCUT2D eigenvalue weighted by molar-refractivity contribution is 0.0600. The van der Waals surface area contributed by atoms with Crippen molar-refractivity contribution in [3.63, 3.8) is 0 Å². The zero-order valence-electron chi connectivity index (χ0n) is 13.7. The van der Waals surface area contributed by atoms with Crippen LogP contribution in [-0.4, -0.2) is 57.7 Å². The third-order valence-corrected chi connectivity index (χ3v) is 5.98. The number of benzene rings is 1. The molecule has 7 heteroatoms. The van der Waals surface area contributed by atoms with Crippen LogP contribution in [0, 0.1) is 0 Å². The minimum Gasteiger partial charge on any atom is -0.465 e. The summed E-state index contributed by atoms with van der Waals surface area (Å²) >= 11 is 0. The van der Waals surface area contributed by atoms with Gasteiger partial charge in [-0.1, -0.05) is 19.4 Å². The SMILES string of the molecule is CCCCS(=O)(=O)N1CCN(c2cccc(C(=O)OC)c2)CC1. The van der Waals surface area contributed by atoms with Crippen LogP contribution in [0.3, 0.4) is 0 Å². The monoisotopic (exact) mass is 340 g/mol. The highest BCUT2D eigenvalue weighted by Gasteiger charge is 2.26. The van der Waals surface area contributed by atoms with E-state index in [0.717, 1.165) is 12.1 Å². The molecule has 1 saturated heterocycles. The van der Waals surface area contributed by atoms with Gasteiger partial charge in [0, 0.05) is 31.9 Å². The van der Waals surface area contributed by atoms with Crippen molar-refractivity contribution in [2.24, 2.45) is 0 Å². The van der Waals surface area contributed by atoms with Crippen molar-refractivity contribution in [1.29, 1.82) is 0 Å². The Kier molecular flexibility index (Phi) is 6.01. The fourth-order valence-corrected chi connectivity index (χ4v) is 4.26. The lowest BCUT2D eigenvalue weighted by Crippen LogP contribution is -2.49. The van der Waals surface area contributed by atoms with E-state index in [0.29, 0.717) is 38.2 Å². The molecule has 0 N–H and O–H groups in total. The second kappa shape index (κ2) is 7.79. The highest BCUT2D eigenvalue weighted by atomic mass is 32.2. The average Bonchev–Trinajstić information content (AvgIpc) is 2.59. The molecule has 1 aromatic rings. The molecule has 0 unspecified atom stereocenters. The molecular weight excluding hydrogens is 316 g/mol. The topological polar surface area (TPSA) is 66.9 Å².